The number of para-hydroxylation sites is 1. The van der Waals surface area contributed by atoms with Crippen molar-refractivity contribution >= 4 is 17.0 Å². The Kier molecular flexibility index (Phi) is 2.38. The van der Waals surface area contributed by atoms with Crippen LogP contribution in [-0.4, -0.2) is 10.1 Å². The Morgan fingerprint density at radius 1 is 1.12 bits per heavy atom. The molecular formula is C12H9N3OS. The van der Waals surface area contributed by atoms with Crippen LogP contribution in [0, 0.1) is 0 Å². The average molecular weight is 243 g/mol. The Bertz CT molecular complexity index is 631. The quantitative estimate of drug-likeness (QED) is 0.702. The Hall–Kier alpha value is -2.14. The fourth-order valence-corrected chi connectivity index (χ4v) is 2.18. The summed E-state index contributed by atoms with van der Waals surface area (Å²) in [5.74, 6) is 1.05. The van der Waals surface area contributed by atoms with Gasteiger partial charge in [-0.2, -0.15) is 4.98 Å². The molecule has 2 heterocycles. The lowest BCUT2D eigenvalue weighted by atomic mass is 10.2. The van der Waals surface area contributed by atoms with Gasteiger partial charge < -0.3 is 10.3 Å². The fourth-order valence-electron chi connectivity index (χ4n) is 1.53. The van der Waals surface area contributed by atoms with Gasteiger partial charge in [0.05, 0.1) is 10.4 Å². The van der Waals surface area contributed by atoms with Gasteiger partial charge in [-0.25, -0.2) is 0 Å². The predicted molar refractivity (Wildman–Crippen MR) is 67.5 cm³/mol. The summed E-state index contributed by atoms with van der Waals surface area (Å²) in [5, 5.41) is 5.92. The third-order valence-corrected chi connectivity index (χ3v) is 3.22. The Morgan fingerprint density at radius 2 is 2.00 bits per heavy atom. The molecule has 3 aromatic rings. The van der Waals surface area contributed by atoms with Crippen molar-refractivity contribution in [3.05, 3.63) is 41.8 Å². The van der Waals surface area contributed by atoms with Crippen LogP contribution in [0.3, 0.4) is 0 Å². The molecule has 5 heteroatoms. The molecule has 0 spiro atoms. The van der Waals surface area contributed by atoms with E-state index in [4.69, 9.17) is 10.3 Å². The van der Waals surface area contributed by atoms with Gasteiger partial charge in [0.25, 0.3) is 5.89 Å². The third-order valence-electron chi connectivity index (χ3n) is 2.36. The summed E-state index contributed by atoms with van der Waals surface area (Å²) in [6.07, 6.45) is 0. The molecule has 0 amide bonds. The molecule has 0 bridgehead atoms. The number of nitrogen functional groups attached to an aromatic ring is 1. The van der Waals surface area contributed by atoms with E-state index in [1.807, 2.05) is 41.8 Å². The Labute approximate surface area is 102 Å². The topological polar surface area (TPSA) is 64.9 Å². The first-order valence-electron chi connectivity index (χ1n) is 5.07. The summed E-state index contributed by atoms with van der Waals surface area (Å²) in [6, 6.07) is 11.3. The van der Waals surface area contributed by atoms with Gasteiger partial charge in [-0.1, -0.05) is 23.4 Å². The third kappa shape index (κ3) is 1.81. The molecule has 17 heavy (non-hydrogen) atoms. The van der Waals surface area contributed by atoms with Crippen molar-refractivity contribution in [2.75, 3.05) is 5.73 Å². The van der Waals surface area contributed by atoms with Crippen molar-refractivity contribution in [2.45, 2.75) is 0 Å². The average Bonchev–Trinajstić information content (AvgIpc) is 3.00. The predicted octanol–water partition coefficient (Wildman–Crippen LogP) is 3.05. The van der Waals surface area contributed by atoms with Gasteiger partial charge in [0, 0.05) is 5.69 Å². The highest BCUT2D eigenvalue weighted by Gasteiger charge is 2.12. The molecule has 0 fully saturated rings. The summed E-state index contributed by atoms with van der Waals surface area (Å²) in [7, 11) is 0. The number of hydrogen-bond donors (Lipinski definition) is 1. The molecule has 84 valence electrons. The van der Waals surface area contributed by atoms with Crippen molar-refractivity contribution in [2.24, 2.45) is 0 Å². The number of anilines is 1. The highest BCUT2D eigenvalue weighted by molar-refractivity contribution is 7.13. The maximum absolute atomic E-state index is 5.86. The monoisotopic (exact) mass is 243 g/mol. The van der Waals surface area contributed by atoms with E-state index >= 15 is 0 Å². The van der Waals surface area contributed by atoms with Gasteiger partial charge in [0.15, 0.2) is 0 Å². The van der Waals surface area contributed by atoms with E-state index < -0.39 is 0 Å². The zero-order valence-electron chi connectivity index (χ0n) is 8.83. The smallest absolute Gasteiger partial charge is 0.260 e. The van der Waals surface area contributed by atoms with Crippen LogP contribution < -0.4 is 5.73 Å². The number of benzene rings is 1. The van der Waals surface area contributed by atoms with Crippen molar-refractivity contribution in [3.8, 4) is 22.2 Å². The maximum atomic E-state index is 5.86. The van der Waals surface area contributed by atoms with Crippen LogP contribution in [0.25, 0.3) is 22.2 Å². The number of nitrogens with zero attached hydrogens (tertiary/aromatic N) is 2. The van der Waals surface area contributed by atoms with Crippen molar-refractivity contribution in [3.63, 3.8) is 0 Å². The summed E-state index contributed by atoms with van der Waals surface area (Å²) < 4.78 is 5.22. The Morgan fingerprint density at radius 3 is 2.76 bits per heavy atom. The lowest BCUT2D eigenvalue weighted by molar-refractivity contribution is 0.432. The minimum atomic E-state index is 0.450. The first-order valence-corrected chi connectivity index (χ1v) is 5.95. The van der Waals surface area contributed by atoms with Crippen molar-refractivity contribution in [1.82, 2.24) is 10.1 Å². The number of thiophene rings is 1. The molecule has 3 rings (SSSR count). The summed E-state index contributed by atoms with van der Waals surface area (Å²) in [4.78, 5) is 5.32. The molecule has 0 unspecified atom stereocenters. The number of aromatic nitrogens is 2. The fraction of sp³-hybridized carbons (Fsp3) is 0. The second-order valence-electron chi connectivity index (χ2n) is 3.49. The maximum Gasteiger partial charge on any atom is 0.260 e. The van der Waals surface area contributed by atoms with E-state index in [-0.39, 0.29) is 0 Å². The van der Waals surface area contributed by atoms with E-state index in [0.29, 0.717) is 17.4 Å². The molecule has 1 aromatic carbocycles. The van der Waals surface area contributed by atoms with Crippen LogP contribution in [0.1, 0.15) is 0 Å². The lowest BCUT2D eigenvalue weighted by Crippen LogP contribution is -1.88. The van der Waals surface area contributed by atoms with Gasteiger partial charge in [-0.15, -0.1) is 11.3 Å². The van der Waals surface area contributed by atoms with E-state index in [0.717, 1.165) is 10.4 Å². The van der Waals surface area contributed by atoms with Crippen LogP contribution in [0.15, 0.2) is 46.3 Å². The normalized spacial score (nSPS) is 10.6. The zero-order valence-corrected chi connectivity index (χ0v) is 9.65. The zero-order chi connectivity index (χ0) is 11.7. The molecule has 0 aliphatic rings. The van der Waals surface area contributed by atoms with E-state index in [1.54, 1.807) is 11.3 Å². The molecule has 2 N–H and O–H groups in total. The van der Waals surface area contributed by atoms with Gasteiger partial charge >= 0.3 is 0 Å². The molecular weight excluding hydrogens is 234 g/mol. The summed E-state index contributed by atoms with van der Waals surface area (Å²) in [5.41, 5.74) is 7.26. The number of rotatable bonds is 2. The largest absolute Gasteiger partial charge is 0.398 e. The highest BCUT2D eigenvalue weighted by Crippen LogP contribution is 2.27. The first kappa shape index (κ1) is 10.0. The van der Waals surface area contributed by atoms with Crippen molar-refractivity contribution < 1.29 is 4.52 Å². The Balaban J connectivity index is 2.04. The van der Waals surface area contributed by atoms with Crippen LogP contribution in [0.4, 0.5) is 5.69 Å². The molecule has 2 aromatic heterocycles. The molecule has 0 aliphatic heterocycles. The van der Waals surface area contributed by atoms with Gasteiger partial charge in [0.2, 0.25) is 5.82 Å². The van der Waals surface area contributed by atoms with Crippen LogP contribution in [0.2, 0.25) is 0 Å². The van der Waals surface area contributed by atoms with Crippen molar-refractivity contribution in [1.29, 1.82) is 0 Å². The van der Waals surface area contributed by atoms with Crippen LogP contribution >= 0.6 is 11.3 Å². The van der Waals surface area contributed by atoms with E-state index in [9.17, 15) is 0 Å². The standard InChI is InChI=1S/C12H9N3OS/c13-9-5-2-1-4-8(9)12-14-11(15-16-12)10-6-3-7-17-10/h1-7H,13H2. The van der Waals surface area contributed by atoms with E-state index in [1.165, 1.54) is 0 Å². The molecule has 0 saturated heterocycles. The van der Waals surface area contributed by atoms with Crippen LogP contribution in [-0.2, 0) is 0 Å². The minimum Gasteiger partial charge on any atom is -0.398 e. The summed E-state index contributed by atoms with van der Waals surface area (Å²) in [6.45, 7) is 0. The lowest BCUT2D eigenvalue weighted by Gasteiger charge is -1.97. The highest BCUT2D eigenvalue weighted by atomic mass is 32.1. The molecule has 0 radical (unpaired) electrons. The second kappa shape index (κ2) is 4.03. The number of nitrogens with two attached hydrogens (primary N) is 1. The van der Waals surface area contributed by atoms with E-state index in [2.05, 4.69) is 10.1 Å². The minimum absolute atomic E-state index is 0.450. The first-order chi connectivity index (χ1) is 8.34. The number of hydrogen-bond acceptors (Lipinski definition) is 5. The van der Waals surface area contributed by atoms with Gasteiger partial charge in [0.1, 0.15) is 0 Å². The molecule has 0 atom stereocenters. The molecule has 0 saturated carbocycles. The van der Waals surface area contributed by atoms with Gasteiger partial charge in [-0.05, 0) is 23.6 Å². The SMILES string of the molecule is Nc1ccccc1-c1nc(-c2cccs2)no1. The summed E-state index contributed by atoms with van der Waals surface area (Å²) >= 11 is 1.57. The molecule has 4 nitrogen and oxygen atoms in total. The van der Waals surface area contributed by atoms with Crippen LogP contribution in [0.5, 0.6) is 0 Å². The second-order valence-corrected chi connectivity index (χ2v) is 4.44. The molecule has 0 aliphatic carbocycles. The van der Waals surface area contributed by atoms with Gasteiger partial charge in [-0.3, -0.25) is 0 Å².